The normalized spacial score (nSPS) is 28.1. The molecule has 3 aliphatic rings. The van der Waals surface area contributed by atoms with Gasteiger partial charge in [0.05, 0.1) is 0 Å². The van der Waals surface area contributed by atoms with Crippen LogP contribution in [0, 0.1) is 12.8 Å². The highest BCUT2D eigenvalue weighted by molar-refractivity contribution is 5.94. The number of aryl methyl sites for hydroxylation is 1. The minimum absolute atomic E-state index is 0.0490. The van der Waals surface area contributed by atoms with E-state index in [2.05, 4.69) is 42.3 Å². The summed E-state index contributed by atoms with van der Waals surface area (Å²) in [5.41, 5.74) is 4.23. The third-order valence-corrected chi connectivity index (χ3v) is 6.25. The Labute approximate surface area is 149 Å². The zero-order valence-electron chi connectivity index (χ0n) is 15.3. The lowest BCUT2D eigenvalue weighted by Gasteiger charge is -2.49. The number of benzene rings is 1. The number of carbonyl (C=O) groups is 1. The van der Waals surface area contributed by atoms with Crippen molar-refractivity contribution in [2.45, 2.75) is 38.8 Å². The fraction of sp³-hybridized carbons (Fsp3) is 0.476. The molecule has 4 nitrogen and oxygen atoms in total. The second-order valence-electron chi connectivity index (χ2n) is 7.59. The van der Waals surface area contributed by atoms with Crippen LogP contribution in [-0.2, 0) is 7.05 Å². The number of carbonyl (C=O) groups excluding carboxylic acids is 1. The van der Waals surface area contributed by atoms with Crippen LogP contribution in [0.2, 0.25) is 0 Å². The fourth-order valence-electron chi connectivity index (χ4n) is 4.64. The summed E-state index contributed by atoms with van der Waals surface area (Å²) in [6, 6.07) is 13.0. The van der Waals surface area contributed by atoms with Gasteiger partial charge in [0.15, 0.2) is 0 Å². The van der Waals surface area contributed by atoms with Crippen molar-refractivity contribution >= 4 is 5.91 Å². The van der Waals surface area contributed by atoms with Crippen molar-refractivity contribution in [2.75, 3.05) is 13.1 Å². The van der Waals surface area contributed by atoms with Crippen LogP contribution in [0.25, 0.3) is 11.3 Å². The number of piperidine rings is 3. The van der Waals surface area contributed by atoms with Crippen LogP contribution in [-0.4, -0.2) is 40.5 Å². The highest BCUT2D eigenvalue weighted by Gasteiger charge is 2.40. The van der Waals surface area contributed by atoms with E-state index < -0.39 is 0 Å². The molecule has 0 spiro atoms. The molecule has 0 saturated carbocycles. The third kappa shape index (κ3) is 2.78. The first-order valence-electron chi connectivity index (χ1n) is 9.33. The molecule has 1 N–H and O–H groups in total. The Bertz CT molecular complexity index is 784. The summed E-state index contributed by atoms with van der Waals surface area (Å²) >= 11 is 0. The number of hydrogen-bond acceptors (Lipinski definition) is 2. The molecule has 3 fully saturated rings. The van der Waals surface area contributed by atoms with Crippen molar-refractivity contribution < 1.29 is 4.79 Å². The third-order valence-electron chi connectivity index (χ3n) is 6.25. The maximum atomic E-state index is 12.9. The van der Waals surface area contributed by atoms with E-state index in [9.17, 15) is 4.79 Å². The van der Waals surface area contributed by atoms with Gasteiger partial charge in [-0.25, -0.2) is 0 Å². The number of aromatic nitrogens is 1. The predicted octanol–water partition coefficient (Wildman–Crippen LogP) is 3.21. The lowest BCUT2D eigenvalue weighted by atomic mass is 9.79. The number of nitrogens with one attached hydrogen (secondary N) is 1. The Balaban J connectivity index is 1.57. The van der Waals surface area contributed by atoms with Gasteiger partial charge in [0.2, 0.25) is 0 Å². The lowest BCUT2D eigenvalue weighted by Crippen LogP contribution is -2.62. The zero-order chi connectivity index (χ0) is 17.6. The molecule has 4 heteroatoms. The van der Waals surface area contributed by atoms with Gasteiger partial charge in [-0.3, -0.25) is 9.69 Å². The molecule has 2 atom stereocenters. The minimum Gasteiger partial charge on any atom is -0.346 e. The molecule has 3 saturated heterocycles. The molecule has 5 rings (SSSR count). The molecule has 0 aliphatic carbocycles. The molecule has 3 aliphatic heterocycles. The summed E-state index contributed by atoms with van der Waals surface area (Å²) in [5, 5.41) is 3.34. The zero-order valence-corrected chi connectivity index (χ0v) is 15.3. The van der Waals surface area contributed by atoms with E-state index in [4.69, 9.17) is 0 Å². The Morgan fingerprint density at radius 2 is 1.84 bits per heavy atom. The molecule has 2 bridgehead atoms. The summed E-state index contributed by atoms with van der Waals surface area (Å²) in [5.74, 6) is 0.674. The van der Waals surface area contributed by atoms with Gasteiger partial charge in [0, 0.05) is 30.4 Å². The van der Waals surface area contributed by atoms with Crippen molar-refractivity contribution in [3.05, 3.63) is 47.7 Å². The molecule has 1 amide bonds. The fourth-order valence-corrected chi connectivity index (χ4v) is 4.64. The van der Waals surface area contributed by atoms with E-state index in [0.29, 0.717) is 12.0 Å². The quantitative estimate of drug-likeness (QED) is 0.934. The Morgan fingerprint density at radius 3 is 2.52 bits per heavy atom. The molecular weight excluding hydrogens is 310 g/mol. The average molecular weight is 337 g/mol. The predicted molar refractivity (Wildman–Crippen MR) is 101 cm³/mol. The highest BCUT2D eigenvalue weighted by Crippen LogP contribution is 2.32. The smallest absolute Gasteiger partial charge is 0.268 e. The molecule has 1 aromatic heterocycles. The number of hydrogen-bond donors (Lipinski definition) is 1. The van der Waals surface area contributed by atoms with Gasteiger partial charge in [0.1, 0.15) is 5.69 Å². The SMILES string of the molecule is Cc1ccccc1-c1ccc(C(=O)N[C@@H]2C3CCN(CC3)[C@H]2C)n1C. The van der Waals surface area contributed by atoms with Crippen LogP contribution < -0.4 is 5.32 Å². The number of nitrogens with zero attached hydrogens (tertiary/aromatic N) is 2. The number of amides is 1. The van der Waals surface area contributed by atoms with Gasteiger partial charge in [-0.05, 0) is 63.4 Å². The highest BCUT2D eigenvalue weighted by atomic mass is 16.2. The second-order valence-corrected chi connectivity index (χ2v) is 7.59. The van der Waals surface area contributed by atoms with Gasteiger partial charge in [-0.1, -0.05) is 24.3 Å². The van der Waals surface area contributed by atoms with Crippen LogP contribution in [0.15, 0.2) is 36.4 Å². The van der Waals surface area contributed by atoms with E-state index >= 15 is 0 Å². The summed E-state index contributed by atoms with van der Waals surface area (Å²) in [6.07, 6.45) is 2.41. The van der Waals surface area contributed by atoms with Gasteiger partial charge < -0.3 is 9.88 Å². The maximum absolute atomic E-state index is 12.9. The van der Waals surface area contributed by atoms with Crippen molar-refractivity contribution in [3.63, 3.8) is 0 Å². The first-order chi connectivity index (χ1) is 12.1. The van der Waals surface area contributed by atoms with Gasteiger partial charge >= 0.3 is 0 Å². The van der Waals surface area contributed by atoms with E-state index in [1.165, 1.54) is 37.1 Å². The molecule has 4 heterocycles. The first kappa shape index (κ1) is 16.4. The summed E-state index contributed by atoms with van der Waals surface area (Å²) < 4.78 is 2.02. The Morgan fingerprint density at radius 1 is 1.12 bits per heavy atom. The van der Waals surface area contributed by atoms with Crippen molar-refractivity contribution in [1.82, 2.24) is 14.8 Å². The molecular formula is C21H27N3O. The topological polar surface area (TPSA) is 37.3 Å². The maximum Gasteiger partial charge on any atom is 0.268 e. The van der Waals surface area contributed by atoms with Crippen LogP contribution >= 0.6 is 0 Å². The largest absolute Gasteiger partial charge is 0.346 e. The van der Waals surface area contributed by atoms with Gasteiger partial charge in [0.25, 0.3) is 5.91 Å². The van der Waals surface area contributed by atoms with E-state index in [-0.39, 0.29) is 11.9 Å². The van der Waals surface area contributed by atoms with Crippen LogP contribution in [0.1, 0.15) is 35.8 Å². The van der Waals surface area contributed by atoms with Crippen LogP contribution in [0.3, 0.4) is 0 Å². The molecule has 2 aromatic rings. The molecule has 0 unspecified atom stereocenters. The molecule has 0 radical (unpaired) electrons. The lowest BCUT2D eigenvalue weighted by molar-refractivity contribution is 0.0215. The second kappa shape index (κ2) is 6.34. The first-order valence-corrected chi connectivity index (χ1v) is 9.33. The van der Waals surface area contributed by atoms with Crippen molar-refractivity contribution in [3.8, 4) is 11.3 Å². The van der Waals surface area contributed by atoms with Crippen molar-refractivity contribution in [1.29, 1.82) is 0 Å². The molecule has 1 aromatic carbocycles. The van der Waals surface area contributed by atoms with Gasteiger partial charge in [-0.2, -0.15) is 0 Å². The average Bonchev–Trinajstić information content (AvgIpc) is 3.00. The van der Waals surface area contributed by atoms with E-state index in [1.54, 1.807) is 0 Å². The van der Waals surface area contributed by atoms with Crippen LogP contribution in [0.4, 0.5) is 0 Å². The Kier molecular flexibility index (Phi) is 4.16. The summed E-state index contributed by atoms with van der Waals surface area (Å²) in [4.78, 5) is 15.4. The monoisotopic (exact) mass is 337 g/mol. The van der Waals surface area contributed by atoms with Crippen LogP contribution in [0.5, 0.6) is 0 Å². The molecule has 25 heavy (non-hydrogen) atoms. The Hall–Kier alpha value is -2.07. The van der Waals surface area contributed by atoms with Gasteiger partial charge in [-0.15, -0.1) is 0 Å². The number of fused-ring (bicyclic) bond motifs is 3. The van der Waals surface area contributed by atoms with E-state index in [0.717, 1.165) is 11.4 Å². The van der Waals surface area contributed by atoms with Crippen molar-refractivity contribution in [2.24, 2.45) is 13.0 Å². The minimum atomic E-state index is 0.0490. The number of rotatable bonds is 3. The molecule has 132 valence electrons. The standard InChI is InChI=1S/C21H27N3O/c1-14-6-4-5-7-17(14)18-8-9-19(23(18)3)21(25)22-20-15(2)24-12-10-16(20)11-13-24/h4-9,15-16,20H,10-13H2,1-3H3,(H,22,25)/t15-,20-/m0/s1. The summed E-state index contributed by atoms with van der Waals surface area (Å²) in [7, 11) is 1.98. The summed E-state index contributed by atoms with van der Waals surface area (Å²) in [6.45, 7) is 6.72. The van der Waals surface area contributed by atoms with E-state index in [1.807, 2.05) is 29.8 Å².